The first kappa shape index (κ1) is 9.48. The molecular weight excluding hydrogens is 172 g/mol. The normalized spacial score (nSPS) is 12.9. The number of thiazole rings is 1. The largest absolute Gasteiger partial charge is 0.394 e. The monoisotopic (exact) mass is 186 g/mol. The van der Waals surface area contributed by atoms with Gasteiger partial charge in [0.25, 0.3) is 0 Å². The Hall–Kier alpha value is -0.610. The van der Waals surface area contributed by atoms with Gasteiger partial charge in [-0.15, -0.1) is 11.3 Å². The molecule has 3 nitrogen and oxygen atoms in total. The second-order valence-electron chi connectivity index (χ2n) is 2.73. The molecule has 1 rings (SSSR count). The topological polar surface area (TPSA) is 45.1 Å². The fourth-order valence-corrected chi connectivity index (χ4v) is 1.70. The molecule has 0 saturated heterocycles. The molecule has 1 aromatic heterocycles. The Balaban J connectivity index is 2.52. The number of aromatic nitrogens is 1. The van der Waals surface area contributed by atoms with Gasteiger partial charge in [-0.2, -0.15) is 0 Å². The van der Waals surface area contributed by atoms with E-state index in [1.54, 1.807) is 11.3 Å². The van der Waals surface area contributed by atoms with E-state index in [1.807, 2.05) is 12.3 Å². The molecule has 0 aliphatic rings. The third kappa shape index (κ3) is 2.46. The van der Waals surface area contributed by atoms with Crippen LogP contribution in [0.4, 0.5) is 5.13 Å². The van der Waals surface area contributed by atoms with Crippen molar-refractivity contribution in [3.05, 3.63) is 11.1 Å². The van der Waals surface area contributed by atoms with Crippen molar-refractivity contribution in [1.29, 1.82) is 0 Å². The molecule has 4 heteroatoms. The van der Waals surface area contributed by atoms with Crippen LogP contribution in [0.2, 0.25) is 0 Å². The highest BCUT2D eigenvalue weighted by atomic mass is 32.1. The van der Waals surface area contributed by atoms with E-state index >= 15 is 0 Å². The molecule has 0 amide bonds. The number of aliphatic hydroxyl groups excluding tert-OH is 1. The minimum absolute atomic E-state index is 0.0841. The molecule has 0 aromatic carbocycles. The summed E-state index contributed by atoms with van der Waals surface area (Å²) in [6.45, 7) is 4.14. The van der Waals surface area contributed by atoms with Crippen molar-refractivity contribution < 1.29 is 5.11 Å². The van der Waals surface area contributed by atoms with Gasteiger partial charge < -0.3 is 10.4 Å². The van der Waals surface area contributed by atoms with Crippen molar-refractivity contribution in [2.75, 3.05) is 11.9 Å². The number of aryl methyl sites for hydroxylation is 1. The van der Waals surface area contributed by atoms with Gasteiger partial charge in [0.2, 0.25) is 0 Å². The van der Waals surface area contributed by atoms with E-state index < -0.39 is 0 Å². The number of hydrogen-bond donors (Lipinski definition) is 2. The quantitative estimate of drug-likeness (QED) is 0.749. The lowest BCUT2D eigenvalue weighted by Crippen LogP contribution is -2.18. The van der Waals surface area contributed by atoms with Crippen LogP contribution in [-0.4, -0.2) is 22.7 Å². The lowest BCUT2D eigenvalue weighted by atomic mass is 10.4. The van der Waals surface area contributed by atoms with Gasteiger partial charge in [0, 0.05) is 11.4 Å². The van der Waals surface area contributed by atoms with Crippen LogP contribution in [0.3, 0.4) is 0 Å². The lowest BCUT2D eigenvalue weighted by molar-refractivity contribution is 0.281. The molecule has 0 bridgehead atoms. The molecule has 68 valence electrons. The summed E-state index contributed by atoms with van der Waals surface area (Å²) in [5.41, 5.74) is 1.10. The molecule has 1 aromatic rings. The molecular formula is C8H14N2OS. The molecule has 1 atom stereocenters. The Morgan fingerprint density at radius 2 is 2.50 bits per heavy atom. The van der Waals surface area contributed by atoms with Crippen LogP contribution >= 0.6 is 11.3 Å². The summed E-state index contributed by atoms with van der Waals surface area (Å²) in [4.78, 5) is 4.31. The zero-order valence-corrected chi connectivity index (χ0v) is 8.19. The van der Waals surface area contributed by atoms with Gasteiger partial charge in [-0.05, 0) is 13.3 Å². The summed E-state index contributed by atoms with van der Waals surface area (Å²) in [6, 6.07) is 0.0841. The van der Waals surface area contributed by atoms with E-state index in [0.717, 1.165) is 17.2 Å². The predicted octanol–water partition coefficient (Wildman–Crippen LogP) is 1.50. The predicted molar refractivity (Wildman–Crippen MR) is 51.7 cm³/mol. The Bertz CT molecular complexity index is 237. The Morgan fingerprint density at radius 1 is 1.75 bits per heavy atom. The maximum atomic E-state index is 8.77. The first-order chi connectivity index (χ1) is 5.76. The van der Waals surface area contributed by atoms with Crippen molar-refractivity contribution in [3.8, 4) is 0 Å². The first-order valence-corrected chi connectivity index (χ1v) is 4.96. The Labute approximate surface area is 76.5 Å². The van der Waals surface area contributed by atoms with Gasteiger partial charge in [0.1, 0.15) is 0 Å². The Kier molecular flexibility index (Phi) is 3.49. The molecule has 2 N–H and O–H groups in total. The van der Waals surface area contributed by atoms with Gasteiger partial charge in [-0.1, -0.05) is 6.92 Å². The standard InChI is InChI=1S/C8H14N2OS/c1-3-7-5-12-8(10-7)9-6(2)4-11/h5-6,11H,3-4H2,1-2H3,(H,9,10). The number of nitrogens with zero attached hydrogens (tertiary/aromatic N) is 1. The molecule has 0 fully saturated rings. The second-order valence-corrected chi connectivity index (χ2v) is 3.58. The highest BCUT2D eigenvalue weighted by Crippen LogP contribution is 2.16. The number of anilines is 1. The molecule has 0 radical (unpaired) electrons. The van der Waals surface area contributed by atoms with Crippen LogP contribution in [0.1, 0.15) is 19.5 Å². The van der Waals surface area contributed by atoms with Gasteiger partial charge in [-0.3, -0.25) is 0 Å². The third-order valence-corrected chi connectivity index (χ3v) is 2.38. The summed E-state index contributed by atoms with van der Waals surface area (Å²) < 4.78 is 0. The molecule has 0 saturated carbocycles. The Morgan fingerprint density at radius 3 is 3.00 bits per heavy atom. The zero-order valence-electron chi connectivity index (χ0n) is 7.37. The SMILES string of the molecule is CCc1csc(NC(C)CO)n1. The van der Waals surface area contributed by atoms with E-state index in [4.69, 9.17) is 5.11 Å². The van der Waals surface area contributed by atoms with Gasteiger partial charge in [0.15, 0.2) is 5.13 Å². The van der Waals surface area contributed by atoms with Crippen molar-refractivity contribution in [2.24, 2.45) is 0 Å². The van der Waals surface area contributed by atoms with Gasteiger partial charge >= 0.3 is 0 Å². The third-order valence-electron chi connectivity index (χ3n) is 1.56. The number of hydrogen-bond acceptors (Lipinski definition) is 4. The highest BCUT2D eigenvalue weighted by Gasteiger charge is 2.03. The van der Waals surface area contributed by atoms with E-state index in [-0.39, 0.29) is 12.6 Å². The fraction of sp³-hybridized carbons (Fsp3) is 0.625. The second kappa shape index (κ2) is 4.42. The van der Waals surface area contributed by atoms with Crippen LogP contribution in [-0.2, 0) is 6.42 Å². The van der Waals surface area contributed by atoms with Crippen molar-refractivity contribution >= 4 is 16.5 Å². The maximum absolute atomic E-state index is 8.77. The summed E-state index contributed by atoms with van der Waals surface area (Å²) in [5, 5.41) is 14.8. The summed E-state index contributed by atoms with van der Waals surface area (Å²) in [5.74, 6) is 0. The summed E-state index contributed by atoms with van der Waals surface area (Å²) >= 11 is 1.58. The van der Waals surface area contributed by atoms with Crippen LogP contribution in [0.5, 0.6) is 0 Å². The molecule has 1 heterocycles. The lowest BCUT2D eigenvalue weighted by Gasteiger charge is -2.07. The highest BCUT2D eigenvalue weighted by molar-refractivity contribution is 7.13. The zero-order chi connectivity index (χ0) is 8.97. The smallest absolute Gasteiger partial charge is 0.183 e. The molecule has 0 aliphatic carbocycles. The fourth-order valence-electron chi connectivity index (χ4n) is 0.792. The minimum Gasteiger partial charge on any atom is -0.394 e. The van der Waals surface area contributed by atoms with Crippen LogP contribution in [0, 0.1) is 0 Å². The summed E-state index contributed by atoms with van der Waals surface area (Å²) in [6.07, 6.45) is 0.964. The van der Waals surface area contributed by atoms with Crippen molar-refractivity contribution in [3.63, 3.8) is 0 Å². The minimum atomic E-state index is 0.0841. The van der Waals surface area contributed by atoms with Crippen LogP contribution in [0.25, 0.3) is 0 Å². The maximum Gasteiger partial charge on any atom is 0.183 e. The molecule has 1 unspecified atom stereocenters. The average molecular weight is 186 g/mol. The van der Waals surface area contributed by atoms with Crippen molar-refractivity contribution in [1.82, 2.24) is 4.98 Å². The van der Waals surface area contributed by atoms with Crippen LogP contribution < -0.4 is 5.32 Å². The number of aliphatic hydroxyl groups is 1. The molecule has 12 heavy (non-hydrogen) atoms. The van der Waals surface area contributed by atoms with E-state index in [2.05, 4.69) is 17.2 Å². The number of rotatable bonds is 4. The van der Waals surface area contributed by atoms with Crippen LogP contribution in [0.15, 0.2) is 5.38 Å². The van der Waals surface area contributed by atoms with E-state index in [1.165, 1.54) is 0 Å². The van der Waals surface area contributed by atoms with E-state index in [0.29, 0.717) is 0 Å². The van der Waals surface area contributed by atoms with Gasteiger partial charge in [0.05, 0.1) is 12.3 Å². The van der Waals surface area contributed by atoms with E-state index in [9.17, 15) is 0 Å². The first-order valence-electron chi connectivity index (χ1n) is 4.08. The summed E-state index contributed by atoms with van der Waals surface area (Å²) in [7, 11) is 0. The average Bonchev–Trinajstić information content (AvgIpc) is 2.52. The number of nitrogens with one attached hydrogen (secondary N) is 1. The van der Waals surface area contributed by atoms with Crippen molar-refractivity contribution in [2.45, 2.75) is 26.3 Å². The molecule has 0 aliphatic heterocycles. The van der Waals surface area contributed by atoms with Gasteiger partial charge in [-0.25, -0.2) is 4.98 Å². The molecule has 0 spiro atoms.